The molecule has 1 nitrogen and oxygen atoms in total. The van der Waals surface area contributed by atoms with E-state index in [-0.39, 0.29) is 0 Å². The van der Waals surface area contributed by atoms with Crippen molar-refractivity contribution in [2.45, 2.75) is 33.1 Å². The van der Waals surface area contributed by atoms with Crippen molar-refractivity contribution in [3.05, 3.63) is 23.9 Å². The van der Waals surface area contributed by atoms with Gasteiger partial charge in [-0.05, 0) is 25.1 Å². The first kappa shape index (κ1) is 10.2. The topological polar surface area (TPSA) is 12.4 Å². The number of hydrogen-bond acceptors (Lipinski definition) is 1. The lowest BCUT2D eigenvalue weighted by Crippen LogP contribution is -1.85. The molecule has 0 radical (unpaired) electrons. The summed E-state index contributed by atoms with van der Waals surface area (Å²) in [6.45, 7) is 11.5. The minimum atomic E-state index is 0.998. The summed E-state index contributed by atoms with van der Waals surface area (Å²) >= 11 is 0. The maximum absolute atomic E-state index is 3.98. The first-order valence-electron chi connectivity index (χ1n) is 4.11. The van der Waals surface area contributed by atoms with Crippen LogP contribution in [0.15, 0.2) is 28.9 Å². The first-order valence-corrected chi connectivity index (χ1v) is 4.11. The van der Waals surface area contributed by atoms with E-state index in [2.05, 4.69) is 32.1 Å². The van der Waals surface area contributed by atoms with Gasteiger partial charge in [-0.1, -0.05) is 32.9 Å². The highest BCUT2D eigenvalue weighted by atomic mass is 14.7. The van der Waals surface area contributed by atoms with E-state index in [9.17, 15) is 0 Å². The zero-order valence-electron chi connectivity index (χ0n) is 7.56. The standard InChI is InChI=1S/C10H17N/c1-5-8-10(11-4)9(6-2)7-3/h6H,2,4-5,7-8H2,1,3H3/b10-9+. The van der Waals surface area contributed by atoms with Gasteiger partial charge < -0.3 is 0 Å². The molecule has 0 aromatic heterocycles. The summed E-state index contributed by atoms with van der Waals surface area (Å²) in [4.78, 5) is 3.98. The molecule has 0 saturated carbocycles. The quantitative estimate of drug-likeness (QED) is 0.422. The highest BCUT2D eigenvalue weighted by Gasteiger charge is 1.97. The summed E-state index contributed by atoms with van der Waals surface area (Å²) in [5.41, 5.74) is 2.33. The summed E-state index contributed by atoms with van der Waals surface area (Å²) in [5.74, 6) is 0. The number of hydrogen-bond donors (Lipinski definition) is 0. The van der Waals surface area contributed by atoms with Gasteiger partial charge in [-0.2, -0.15) is 0 Å². The van der Waals surface area contributed by atoms with E-state index in [0.717, 1.165) is 25.0 Å². The lowest BCUT2D eigenvalue weighted by Gasteiger charge is -2.03. The lowest BCUT2D eigenvalue weighted by molar-refractivity contribution is 0.873. The molecule has 0 aliphatic rings. The van der Waals surface area contributed by atoms with E-state index in [0.29, 0.717) is 0 Å². The van der Waals surface area contributed by atoms with Crippen molar-refractivity contribution in [1.29, 1.82) is 0 Å². The Balaban J connectivity index is 4.46. The van der Waals surface area contributed by atoms with Crippen LogP contribution in [0.3, 0.4) is 0 Å². The number of nitrogens with zero attached hydrogens (tertiary/aromatic N) is 1. The number of aliphatic imine (C=N–C) groups is 1. The van der Waals surface area contributed by atoms with E-state index in [1.54, 1.807) is 0 Å². The minimum absolute atomic E-state index is 0.998. The predicted molar refractivity (Wildman–Crippen MR) is 52.0 cm³/mol. The van der Waals surface area contributed by atoms with Gasteiger partial charge in [0.15, 0.2) is 0 Å². The fourth-order valence-electron chi connectivity index (χ4n) is 1.04. The number of allylic oxidation sites excluding steroid dienone is 3. The van der Waals surface area contributed by atoms with E-state index >= 15 is 0 Å². The molecule has 0 fully saturated rings. The van der Waals surface area contributed by atoms with Crippen LogP contribution in [-0.2, 0) is 0 Å². The van der Waals surface area contributed by atoms with Crippen LogP contribution in [0.5, 0.6) is 0 Å². The molecule has 0 N–H and O–H groups in total. The van der Waals surface area contributed by atoms with E-state index < -0.39 is 0 Å². The molecular weight excluding hydrogens is 134 g/mol. The van der Waals surface area contributed by atoms with Crippen LogP contribution in [-0.4, -0.2) is 6.72 Å². The Morgan fingerprint density at radius 3 is 2.36 bits per heavy atom. The van der Waals surface area contributed by atoms with Gasteiger partial charge >= 0.3 is 0 Å². The molecule has 0 atom stereocenters. The highest BCUT2D eigenvalue weighted by Crippen LogP contribution is 2.15. The Bertz CT molecular complexity index is 166. The molecule has 0 rings (SSSR count). The van der Waals surface area contributed by atoms with Crippen LogP contribution < -0.4 is 0 Å². The molecule has 0 aromatic carbocycles. The first-order chi connectivity index (χ1) is 5.29. The average Bonchev–Trinajstić information content (AvgIpc) is 2.05. The maximum Gasteiger partial charge on any atom is 0.0427 e. The molecule has 0 heterocycles. The molecule has 0 aromatic rings. The van der Waals surface area contributed by atoms with Gasteiger partial charge in [-0.15, -0.1) is 0 Å². The zero-order chi connectivity index (χ0) is 8.69. The highest BCUT2D eigenvalue weighted by molar-refractivity contribution is 5.33. The van der Waals surface area contributed by atoms with Crippen LogP contribution in [0, 0.1) is 0 Å². The van der Waals surface area contributed by atoms with Crippen LogP contribution in [0.2, 0.25) is 0 Å². The molecule has 1 heteroatoms. The molecular formula is C10H17N. The summed E-state index contributed by atoms with van der Waals surface area (Å²) < 4.78 is 0. The Hall–Kier alpha value is -0.850. The normalized spacial score (nSPS) is 12.2. The Morgan fingerprint density at radius 1 is 1.45 bits per heavy atom. The van der Waals surface area contributed by atoms with Crippen LogP contribution >= 0.6 is 0 Å². The van der Waals surface area contributed by atoms with Gasteiger partial charge in [0, 0.05) is 5.70 Å². The SMILES string of the molecule is C=C/C(CC)=C(/CCC)N=C. The van der Waals surface area contributed by atoms with Gasteiger partial charge in [0.25, 0.3) is 0 Å². The maximum atomic E-state index is 3.98. The van der Waals surface area contributed by atoms with Crippen molar-refractivity contribution in [3.8, 4) is 0 Å². The summed E-state index contributed by atoms with van der Waals surface area (Å²) in [7, 11) is 0. The minimum Gasteiger partial charge on any atom is -0.269 e. The molecule has 0 aliphatic carbocycles. The van der Waals surface area contributed by atoms with Crippen molar-refractivity contribution >= 4 is 6.72 Å². The fourth-order valence-corrected chi connectivity index (χ4v) is 1.04. The van der Waals surface area contributed by atoms with Gasteiger partial charge in [0.05, 0.1) is 0 Å². The van der Waals surface area contributed by atoms with E-state index in [1.807, 2.05) is 6.08 Å². The van der Waals surface area contributed by atoms with E-state index in [4.69, 9.17) is 0 Å². The summed E-state index contributed by atoms with van der Waals surface area (Å²) in [6.07, 6.45) is 5.00. The lowest BCUT2D eigenvalue weighted by atomic mass is 10.1. The second-order valence-electron chi connectivity index (χ2n) is 2.44. The van der Waals surface area contributed by atoms with Crippen molar-refractivity contribution in [3.63, 3.8) is 0 Å². The second kappa shape index (κ2) is 5.90. The van der Waals surface area contributed by atoms with E-state index in [1.165, 1.54) is 5.57 Å². The van der Waals surface area contributed by atoms with Crippen LogP contribution in [0.4, 0.5) is 0 Å². The number of rotatable bonds is 5. The molecule has 0 unspecified atom stereocenters. The Labute approximate surface area is 69.5 Å². The van der Waals surface area contributed by atoms with Gasteiger partial charge in [-0.25, -0.2) is 0 Å². The monoisotopic (exact) mass is 151 g/mol. The van der Waals surface area contributed by atoms with Crippen molar-refractivity contribution in [2.75, 3.05) is 0 Å². The molecule has 0 spiro atoms. The Kier molecular flexibility index (Phi) is 5.44. The van der Waals surface area contributed by atoms with Crippen molar-refractivity contribution < 1.29 is 0 Å². The van der Waals surface area contributed by atoms with Crippen LogP contribution in [0.1, 0.15) is 33.1 Å². The zero-order valence-corrected chi connectivity index (χ0v) is 7.56. The average molecular weight is 151 g/mol. The molecule has 62 valence electrons. The molecule has 0 amide bonds. The summed E-state index contributed by atoms with van der Waals surface area (Å²) in [5, 5.41) is 0. The third-order valence-corrected chi connectivity index (χ3v) is 1.68. The third-order valence-electron chi connectivity index (χ3n) is 1.68. The molecule has 0 aliphatic heterocycles. The largest absolute Gasteiger partial charge is 0.269 e. The summed E-state index contributed by atoms with van der Waals surface area (Å²) in [6, 6.07) is 0. The Morgan fingerprint density at radius 2 is 2.09 bits per heavy atom. The third kappa shape index (κ3) is 3.17. The van der Waals surface area contributed by atoms with Crippen molar-refractivity contribution in [1.82, 2.24) is 0 Å². The molecule has 0 saturated heterocycles. The van der Waals surface area contributed by atoms with Crippen LogP contribution in [0.25, 0.3) is 0 Å². The molecule has 0 bridgehead atoms. The predicted octanol–water partition coefficient (Wildman–Crippen LogP) is 3.34. The van der Waals surface area contributed by atoms with Gasteiger partial charge in [0.2, 0.25) is 0 Å². The second-order valence-corrected chi connectivity index (χ2v) is 2.44. The van der Waals surface area contributed by atoms with Gasteiger partial charge in [0.1, 0.15) is 0 Å². The fraction of sp³-hybridized carbons (Fsp3) is 0.500. The molecule has 11 heavy (non-hydrogen) atoms. The van der Waals surface area contributed by atoms with Gasteiger partial charge in [-0.3, -0.25) is 4.99 Å². The van der Waals surface area contributed by atoms with Crippen molar-refractivity contribution in [2.24, 2.45) is 4.99 Å². The smallest absolute Gasteiger partial charge is 0.0427 e.